The molecule has 0 atom stereocenters. The molecule has 0 aliphatic heterocycles. The Morgan fingerprint density at radius 3 is 2.56 bits per heavy atom. The third kappa shape index (κ3) is 5.26. The number of hydrogen-bond donors (Lipinski definition) is 2. The van der Waals surface area contributed by atoms with Crippen LogP contribution in [0.3, 0.4) is 0 Å². The van der Waals surface area contributed by atoms with E-state index in [-0.39, 0.29) is 18.0 Å². The van der Waals surface area contributed by atoms with Gasteiger partial charge in [-0.2, -0.15) is 15.2 Å². The topological polar surface area (TPSA) is 93.0 Å². The molecule has 0 radical (unpaired) electrons. The minimum Gasteiger partial charge on any atom is -0.366 e. The van der Waals surface area contributed by atoms with Gasteiger partial charge in [0.25, 0.3) is 0 Å². The van der Waals surface area contributed by atoms with Crippen molar-refractivity contribution in [1.82, 2.24) is 14.6 Å². The lowest BCUT2D eigenvalue weighted by molar-refractivity contribution is 0.769. The zero-order valence-corrected chi connectivity index (χ0v) is 17.0. The summed E-state index contributed by atoms with van der Waals surface area (Å²) in [5, 5.41) is 16.1. The van der Waals surface area contributed by atoms with Crippen LogP contribution in [0.4, 0.5) is 11.8 Å². The molecule has 2 rings (SSSR count). The van der Waals surface area contributed by atoms with E-state index in [1.807, 2.05) is 66.0 Å². The number of allylic oxidation sites excluding steroid dienone is 4. The number of aromatic nitrogens is 3. The Labute approximate surface area is 160 Å². The van der Waals surface area contributed by atoms with E-state index in [4.69, 9.17) is 5.73 Å². The van der Waals surface area contributed by atoms with Gasteiger partial charge in [0.2, 0.25) is 5.95 Å². The summed E-state index contributed by atoms with van der Waals surface area (Å²) in [6.45, 7) is 16.3. The van der Waals surface area contributed by atoms with Gasteiger partial charge >= 0.3 is 0 Å². The van der Waals surface area contributed by atoms with Gasteiger partial charge < -0.3 is 11.1 Å². The maximum Gasteiger partial charge on any atom is 0.240 e. The lowest BCUT2D eigenvalue weighted by Gasteiger charge is -2.12. The number of azo groups is 1. The molecule has 0 aliphatic rings. The predicted octanol–water partition coefficient (Wildman–Crippen LogP) is 4.86. The second kappa shape index (κ2) is 8.62. The smallest absolute Gasteiger partial charge is 0.240 e. The Kier molecular flexibility index (Phi) is 6.50. The normalized spacial score (nSPS) is 12.0. The molecule has 0 bridgehead atoms. The fourth-order valence-electron chi connectivity index (χ4n) is 2.42. The van der Waals surface area contributed by atoms with Crippen molar-refractivity contribution >= 4 is 22.9 Å². The van der Waals surface area contributed by atoms with Crippen LogP contribution in [0.1, 0.15) is 47.1 Å². The summed E-state index contributed by atoms with van der Waals surface area (Å²) in [6, 6.07) is 2.32. The van der Waals surface area contributed by atoms with E-state index in [1.54, 1.807) is 4.52 Å². The highest BCUT2D eigenvalue weighted by molar-refractivity contribution is 5.89. The minimum absolute atomic E-state index is 0.152. The zero-order chi connectivity index (χ0) is 20.1. The van der Waals surface area contributed by atoms with Crippen molar-refractivity contribution in [2.45, 2.75) is 53.6 Å². The molecule has 0 saturated carbocycles. The number of anilines is 2. The highest BCUT2D eigenvalue weighted by Gasteiger charge is 2.13. The van der Waals surface area contributed by atoms with E-state index < -0.39 is 0 Å². The van der Waals surface area contributed by atoms with Gasteiger partial charge in [0.05, 0.1) is 11.7 Å². The molecule has 0 fully saturated rings. The first kappa shape index (κ1) is 20.4. The van der Waals surface area contributed by atoms with Gasteiger partial charge in [0.15, 0.2) is 5.82 Å². The van der Waals surface area contributed by atoms with E-state index >= 15 is 0 Å². The Balaban J connectivity index is 2.41. The molecule has 27 heavy (non-hydrogen) atoms. The molecule has 0 aliphatic carbocycles. The number of nitrogens with one attached hydrogen (secondary N) is 1. The molecule has 7 heteroatoms. The van der Waals surface area contributed by atoms with Crippen LogP contribution in [-0.2, 0) is 0 Å². The van der Waals surface area contributed by atoms with Crippen LogP contribution in [0.25, 0.3) is 11.1 Å². The number of nitrogen functional groups attached to an aromatic ring is 1. The van der Waals surface area contributed by atoms with Gasteiger partial charge in [-0.15, -0.1) is 5.10 Å². The van der Waals surface area contributed by atoms with E-state index in [1.165, 1.54) is 0 Å². The zero-order valence-electron chi connectivity index (χ0n) is 17.0. The molecule has 0 aromatic carbocycles. The van der Waals surface area contributed by atoms with Crippen molar-refractivity contribution in [1.29, 1.82) is 0 Å². The summed E-state index contributed by atoms with van der Waals surface area (Å²) >= 11 is 0. The first-order valence-electron chi connectivity index (χ1n) is 9.06. The minimum atomic E-state index is 0.152. The SMILES string of the molecule is C=C(/C=C\C(N=NC(C)C)=C(C)C)c1ccn2nc(N)nc(NC(C)C)c12. The molecular formula is C20H29N7. The Hall–Kier alpha value is -2.96. The summed E-state index contributed by atoms with van der Waals surface area (Å²) < 4.78 is 1.72. The Morgan fingerprint density at radius 1 is 1.26 bits per heavy atom. The van der Waals surface area contributed by atoms with Gasteiger partial charge in [-0.25, -0.2) is 4.52 Å². The molecular weight excluding hydrogens is 338 g/mol. The standard InChI is InChI=1S/C20H29N7/c1-12(2)17(25-24-14(5)6)9-8-15(7)16-10-11-27-18(16)19(22-13(3)4)23-20(21)26-27/h8-11,13-14H,7H2,1-6H3,(H3,21,22,23,26)/b9-8-,25-24?. The molecule has 3 N–H and O–H groups in total. The number of nitrogens with two attached hydrogens (primary N) is 1. The third-order valence-corrected chi connectivity index (χ3v) is 3.65. The lowest BCUT2D eigenvalue weighted by atomic mass is 10.1. The molecule has 7 nitrogen and oxygen atoms in total. The van der Waals surface area contributed by atoms with Crippen LogP contribution in [0, 0.1) is 0 Å². The monoisotopic (exact) mass is 367 g/mol. The summed E-state index contributed by atoms with van der Waals surface area (Å²) in [6.07, 6.45) is 5.72. The molecule has 144 valence electrons. The molecule has 0 amide bonds. The van der Waals surface area contributed by atoms with Crippen molar-refractivity contribution in [2.24, 2.45) is 10.2 Å². The van der Waals surface area contributed by atoms with Gasteiger partial charge in [-0.05, 0) is 64.8 Å². The third-order valence-electron chi connectivity index (χ3n) is 3.65. The quantitative estimate of drug-likeness (QED) is 0.540. The molecule has 0 spiro atoms. The summed E-state index contributed by atoms with van der Waals surface area (Å²) in [5.41, 5.74) is 10.3. The summed E-state index contributed by atoms with van der Waals surface area (Å²) in [4.78, 5) is 4.36. The van der Waals surface area contributed by atoms with Crippen LogP contribution in [0.2, 0.25) is 0 Å². The van der Waals surface area contributed by atoms with Crippen LogP contribution >= 0.6 is 0 Å². The molecule has 0 unspecified atom stereocenters. The van der Waals surface area contributed by atoms with Gasteiger partial charge in [0, 0.05) is 17.8 Å². The fourth-order valence-corrected chi connectivity index (χ4v) is 2.42. The summed E-state index contributed by atoms with van der Waals surface area (Å²) in [7, 11) is 0. The van der Waals surface area contributed by atoms with E-state index in [9.17, 15) is 0 Å². The van der Waals surface area contributed by atoms with E-state index in [2.05, 4.69) is 32.2 Å². The molecule has 0 saturated heterocycles. The number of rotatable bonds is 7. The van der Waals surface area contributed by atoms with Crippen molar-refractivity contribution < 1.29 is 0 Å². The lowest BCUT2D eigenvalue weighted by Crippen LogP contribution is -2.14. The second-order valence-electron chi connectivity index (χ2n) is 7.19. The highest BCUT2D eigenvalue weighted by Crippen LogP contribution is 2.27. The predicted molar refractivity (Wildman–Crippen MR) is 113 cm³/mol. The molecule has 2 heterocycles. The van der Waals surface area contributed by atoms with Crippen molar-refractivity contribution in [2.75, 3.05) is 11.1 Å². The second-order valence-corrected chi connectivity index (χ2v) is 7.19. The number of nitrogens with zero attached hydrogens (tertiary/aromatic N) is 5. The highest BCUT2D eigenvalue weighted by atomic mass is 15.3. The Morgan fingerprint density at radius 2 is 1.96 bits per heavy atom. The number of fused-ring (bicyclic) bond motifs is 1. The van der Waals surface area contributed by atoms with Crippen molar-refractivity contribution in [3.05, 3.63) is 47.8 Å². The Bertz CT molecular complexity index is 910. The first-order chi connectivity index (χ1) is 12.7. The van der Waals surface area contributed by atoms with E-state index in [0.29, 0.717) is 5.82 Å². The van der Waals surface area contributed by atoms with Crippen LogP contribution < -0.4 is 11.1 Å². The average molecular weight is 368 g/mol. The van der Waals surface area contributed by atoms with Crippen molar-refractivity contribution in [3.63, 3.8) is 0 Å². The molecule has 2 aromatic heterocycles. The van der Waals surface area contributed by atoms with Crippen LogP contribution in [0.5, 0.6) is 0 Å². The number of hydrogen-bond acceptors (Lipinski definition) is 6. The van der Waals surface area contributed by atoms with Crippen LogP contribution in [-0.4, -0.2) is 26.7 Å². The molecule has 2 aromatic rings. The fraction of sp³-hybridized carbons (Fsp3) is 0.400. The van der Waals surface area contributed by atoms with E-state index in [0.717, 1.165) is 27.9 Å². The summed E-state index contributed by atoms with van der Waals surface area (Å²) in [5.74, 6) is 0.906. The van der Waals surface area contributed by atoms with Gasteiger partial charge in [-0.3, -0.25) is 0 Å². The van der Waals surface area contributed by atoms with Gasteiger partial charge in [0.1, 0.15) is 5.52 Å². The average Bonchev–Trinajstić information content (AvgIpc) is 2.97. The van der Waals surface area contributed by atoms with Crippen LogP contribution in [0.15, 0.2) is 52.5 Å². The first-order valence-corrected chi connectivity index (χ1v) is 9.06. The maximum absolute atomic E-state index is 5.83. The largest absolute Gasteiger partial charge is 0.366 e. The van der Waals surface area contributed by atoms with Crippen molar-refractivity contribution in [3.8, 4) is 0 Å². The maximum atomic E-state index is 5.83. The van der Waals surface area contributed by atoms with Gasteiger partial charge in [-0.1, -0.05) is 12.7 Å².